The Labute approximate surface area is 121 Å². The largest absolute Gasteiger partial charge is 0.353 e. The zero-order chi connectivity index (χ0) is 13.8. The molecule has 0 unspecified atom stereocenters. The van der Waals surface area contributed by atoms with Crippen molar-refractivity contribution in [2.45, 2.75) is 52.1 Å². The third-order valence-corrected chi connectivity index (χ3v) is 4.06. The highest BCUT2D eigenvalue weighted by atomic mass is 35.5. The van der Waals surface area contributed by atoms with Gasteiger partial charge in [-0.05, 0) is 30.9 Å². The Morgan fingerprint density at radius 2 is 2.05 bits per heavy atom. The summed E-state index contributed by atoms with van der Waals surface area (Å²) >= 11 is 6.11. The molecule has 3 nitrogen and oxygen atoms in total. The molecule has 19 heavy (non-hydrogen) atoms. The van der Waals surface area contributed by atoms with Crippen molar-refractivity contribution in [3.8, 4) is 0 Å². The van der Waals surface area contributed by atoms with Gasteiger partial charge in [-0.3, -0.25) is 0 Å². The van der Waals surface area contributed by atoms with Gasteiger partial charge in [0, 0.05) is 19.1 Å². The molecule has 2 rings (SSSR count). The molecule has 1 aliphatic rings. The molecule has 0 spiro atoms. The fourth-order valence-corrected chi connectivity index (χ4v) is 3.00. The van der Waals surface area contributed by atoms with E-state index < -0.39 is 0 Å². The van der Waals surface area contributed by atoms with Crippen molar-refractivity contribution in [3.63, 3.8) is 0 Å². The van der Waals surface area contributed by atoms with Crippen LogP contribution in [0.15, 0.2) is 12.1 Å². The Balaban J connectivity index is 2.25. The lowest BCUT2D eigenvalue weighted by atomic mass is 10.1. The van der Waals surface area contributed by atoms with Crippen molar-refractivity contribution in [1.29, 1.82) is 0 Å². The predicted octanol–water partition coefficient (Wildman–Crippen LogP) is 3.60. The third kappa shape index (κ3) is 3.61. The summed E-state index contributed by atoms with van der Waals surface area (Å²) in [5.41, 5.74) is 6.51. The molecular formula is C15H24ClN3. The SMILES string of the molecule is CC(C)CN(c1ccc(Cl)c(CN)n1)C1CCCC1. The predicted molar refractivity (Wildman–Crippen MR) is 81.6 cm³/mol. The van der Waals surface area contributed by atoms with Crippen LogP contribution in [0.5, 0.6) is 0 Å². The Bertz CT molecular complexity index is 414. The Hall–Kier alpha value is -0.800. The monoisotopic (exact) mass is 281 g/mol. The van der Waals surface area contributed by atoms with Crippen molar-refractivity contribution in [2.24, 2.45) is 11.7 Å². The molecule has 106 valence electrons. The topological polar surface area (TPSA) is 42.1 Å². The molecule has 0 amide bonds. The zero-order valence-corrected chi connectivity index (χ0v) is 12.7. The second-order valence-corrected chi connectivity index (χ2v) is 6.19. The number of aromatic nitrogens is 1. The fourth-order valence-electron chi connectivity index (χ4n) is 2.81. The molecule has 1 heterocycles. The third-order valence-electron chi connectivity index (χ3n) is 3.72. The number of nitrogens with zero attached hydrogens (tertiary/aromatic N) is 2. The smallest absolute Gasteiger partial charge is 0.129 e. The van der Waals surface area contributed by atoms with Crippen molar-refractivity contribution < 1.29 is 0 Å². The number of rotatable bonds is 5. The normalized spacial score (nSPS) is 16.3. The van der Waals surface area contributed by atoms with E-state index >= 15 is 0 Å². The van der Waals surface area contributed by atoms with E-state index in [1.165, 1.54) is 25.7 Å². The lowest BCUT2D eigenvalue weighted by Gasteiger charge is -2.32. The van der Waals surface area contributed by atoms with Gasteiger partial charge in [-0.1, -0.05) is 38.3 Å². The highest BCUT2D eigenvalue weighted by Gasteiger charge is 2.24. The maximum atomic E-state index is 6.11. The first-order valence-electron chi connectivity index (χ1n) is 7.24. The maximum absolute atomic E-state index is 6.11. The van der Waals surface area contributed by atoms with Crippen molar-refractivity contribution in [3.05, 3.63) is 22.8 Å². The van der Waals surface area contributed by atoms with Gasteiger partial charge in [0.15, 0.2) is 0 Å². The number of hydrogen-bond acceptors (Lipinski definition) is 3. The highest BCUT2D eigenvalue weighted by Crippen LogP contribution is 2.29. The van der Waals surface area contributed by atoms with E-state index in [-0.39, 0.29) is 0 Å². The molecule has 1 saturated carbocycles. The number of halogens is 1. The quantitative estimate of drug-likeness (QED) is 0.897. The Kier molecular flexibility index (Phi) is 5.06. The van der Waals surface area contributed by atoms with Crippen LogP contribution in [0.2, 0.25) is 5.02 Å². The van der Waals surface area contributed by atoms with E-state index in [9.17, 15) is 0 Å². The van der Waals surface area contributed by atoms with E-state index in [1.807, 2.05) is 12.1 Å². The van der Waals surface area contributed by atoms with Gasteiger partial charge in [0.25, 0.3) is 0 Å². The van der Waals surface area contributed by atoms with Gasteiger partial charge in [0.05, 0.1) is 10.7 Å². The minimum absolute atomic E-state index is 0.396. The van der Waals surface area contributed by atoms with Gasteiger partial charge in [0.2, 0.25) is 0 Å². The minimum atomic E-state index is 0.396. The second kappa shape index (κ2) is 6.58. The van der Waals surface area contributed by atoms with E-state index in [4.69, 9.17) is 17.3 Å². The molecular weight excluding hydrogens is 258 g/mol. The molecule has 0 radical (unpaired) electrons. The maximum Gasteiger partial charge on any atom is 0.129 e. The van der Waals surface area contributed by atoms with E-state index in [0.29, 0.717) is 23.5 Å². The van der Waals surface area contributed by atoms with E-state index in [1.54, 1.807) is 0 Å². The minimum Gasteiger partial charge on any atom is -0.353 e. The first kappa shape index (κ1) is 14.6. The molecule has 4 heteroatoms. The molecule has 1 aliphatic carbocycles. The number of pyridine rings is 1. The summed E-state index contributed by atoms with van der Waals surface area (Å²) in [6, 6.07) is 4.58. The van der Waals surface area contributed by atoms with E-state index in [2.05, 4.69) is 23.7 Å². The molecule has 0 aromatic carbocycles. The molecule has 0 saturated heterocycles. The summed E-state index contributed by atoms with van der Waals surface area (Å²) in [4.78, 5) is 7.11. The molecule has 1 fully saturated rings. The molecule has 0 bridgehead atoms. The highest BCUT2D eigenvalue weighted by molar-refractivity contribution is 6.31. The summed E-state index contributed by atoms with van der Waals surface area (Å²) in [7, 11) is 0. The van der Waals surface area contributed by atoms with Crippen LogP contribution >= 0.6 is 11.6 Å². The molecule has 0 atom stereocenters. The number of anilines is 1. The summed E-state index contributed by atoms with van der Waals surface area (Å²) in [5, 5.41) is 0.669. The number of hydrogen-bond donors (Lipinski definition) is 1. The van der Waals surface area contributed by atoms with Gasteiger partial charge in [-0.2, -0.15) is 0 Å². The van der Waals surface area contributed by atoms with Gasteiger partial charge in [-0.15, -0.1) is 0 Å². The van der Waals surface area contributed by atoms with Crippen LogP contribution in [-0.2, 0) is 6.54 Å². The molecule has 1 aromatic rings. The lowest BCUT2D eigenvalue weighted by molar-refractivity contribution is 0.530. The Morgan fingerprint density at radius 1 is 1.37 bits per heavy atom. The standard InChI is InChI=1S/C15H24ClN3/c1-11(2)10-19(12-5-3-4-6-12)15-8-7-13(16)14(9-17)18-15/h7-8,11-12H,3-6,9-10,17H2,1-2H3. The van der Waals surface area contributed by atoms with Crippen molar-refractivity contribution in [2.75, 3.05) is 11.4 Å². The van der Waals surface area contributed by atoms with Crippen molar-refractivity contribution >= 4 is 17.4 Å². The van der Waals surface area contributed by atoms with Gasteiger partial charge in [0.1, 0.15) is 5.82 Å². The van der Waals surface area contributed by atoms with Crippen molar-refractivity contribution in [1.82, 2.24) is 4.98 Å². The van der Waals surface area contributed by atoms with Gasteiger partial charge < -0.3 is 10.6 Å². The second-order valence-electron chi connectivity index (χ2n) is 5.79. The van der Waals surface area contributed by atoms with Crippen LogP contribution in [0.1, 0.15) is 45.2 Å². The van der Waals surface area contributed by atoms with Gasteiger partial charge in [-0.25, -0.2) is 4.98 Å². The van der Waals surface area contributed by atoms with Gasteiger partial charge >= 0.3 is 0 Å². The summed E-state index contributed by atoms with van der Waals surface area (Å²) < 4.78 is 0. The average molecular weight is 282 g/mol. The Morgan fingerprint density at radius 3 is 2.63 bits per heavy atom. The van der Waals surface area contributed by atoms with Crippen LogP contribution in [0.4, 0.5) is 5.82 Å². The van der Waals surface area contributed by atoms with Crippen LogP contribution < -0.4 is 10.6 Å². The molecule has 2 N–H and O–H groups in total. The van der Waals surface area contributed by atoms with Crippen LogP contribution in [-0.4, -0.2) is 17.6 Å². The summed E-state index contributed by atoms with van der Waals surface area (Å²) in [6.45, 7) is 5.94. The van der Waals surface area contributed by atoms with Crippen LogP contribution in [0.3, 0.4) is 0 Å². The lowest BCUT2D eigenvalue weighted by Crippen LogP contribution is -2.37. The summed E-state index contributed by atoms with van der Waals surface area (Å²) in [5.74, 6) is 1.66. The average Bonchev–Trinajstić information content (AvgIpc) is 2.90. The first-order valence-corrected chi connectivity index (χ1v) is 7.61. The van der Waals surface area contributed by atoms with Crippen LogP contribution in [0, 0.1) is 5.92 Å². The molecule has 0 aliphatic heterocycles. The summed E-state index contributed by atoms with van der Waals surface area (Å²) in [6.07, 6.45) is 5.21. The first-order chi connectivity index (χ1) is 9.11. The van der Waals surface area contributed by atoms with Crippen LogP contribution in [0.25, 0.3) is 0 Å². The van der Waals surface area contributed by atoms with E-state index in [0.717, 1.165) is 18.1 Å². The number of nitrogens with two attached hydrogens (primary N) is 1. The zero-order valence-electron chi connectivity index (χ0n) is 11.9. The molecule has 1 aromatic heterocycles. The fraction of sp³-hybridized carbons (Fsp3) is 0.667.